The second-order valence-electron chi connectivity index (χ2n) is 11.9. The van der Waals surface area contributed by atoms with Gasteiger partial charge in [0.1, 0.15) is 5.92 Å². The molecule has 1 aromatic carbocycles. The molecule has 4 heterocycles. The monoisotopic (exact) mass is 559 g/mol. The van der Waals surface area contributed by atoms with Crippen molar-refractivity contribution in [2.24, 2.45) is 11.8 Å². The molecule has 3 fully saturated rings. The Bertz CT molecular complexity index is 1080. The van der Waals surface area contributed by atoms with E-state index in [2.05, 4.69) is 64.6 Å². The zero-order valence-electron chi connectivity index (χ0n) is 22.6. The summed E-state index contributed by atoms with van der Waals surface area (Å²) < 4.78 is 6.17. The van der Waals surface area contributed by atoms with Crippen molar-refractivity contribution in [3.63, 3.8) is 0 Å². The van der Waals surface area contributed by atoms with Crippen LogP contribution in [0.3, 0.4) is 0 Å². The number of likely N-dealkylation sites (tertiary alicyclic amines) is 1. The van der Waals surface area contributed by atoms with Crippen LogP contribution in [-0.4, -0.2) is 43.1 Å². The van der Waals surface area contributed by atoms with Crippen molar-refractivity contribution in [3.8, 4) is 5.88 Å². The van der Waals surface area contributed by atoms with Gasteiger partial charge >= 0.3 is 5.88 Å². The van der Waals surface area contributed by atoms with Crippen LogP contribution in [0.5, 0.6) is 5.88 Å². The van der Waals surface area contributed by atoms with Gasteiger partial charge in [0, 0.05) is 25.6 Å². The van der Waals surface area contributed by atoms with Crippen molar-refractivity contribution in [3.05, 3.63) is 59.3 Å². The summed E-state index contributed by atoms with van der Waals surface area (Å²) in [5.41, 5.74) is 3.65. The molecule has 0 unspecified atom stereocenters. The average Bonchev–Trinajstić information content (AvgIpc) is 3.27. The van der Waals surface area contributed by atoms with Crippen molar-refractivity contribution in [2.75, 3.05) is 26.2 Å². The van der Waals surface area contributed by atoms with Crippen molar-refractivity contribution in [1.82, 2.24) is 4.90 Å². The Labute approximate surface area is 240 Å². The predicted octanol–water partition coefficient (Wildman–Crippen LogP) is -2.22. The number of hydrogen-bond acceptors (Lipinski definition) is 2. The quantitative estimate of drug-likeness (QED) is 0.463. The number of piperidine rings is 1. The predicted molar refractivity (Wildman–Crippen MR) is 140 cm³/mol. The number of rotatable bonds is 3. The van der Waals surface area contributed by atoms with Gasteiger partial charge in [-0.15, -0.1) is 0 Å². The van der Waals surface area contributed by atoms with Gasteiger partial charge in [0.25, 0.3) is 0 Å². The molecule has 3 aliphatic heterocycles. The van der Waals surface area contributed by atoms with Gasteiger partial charge in [0.15, 0.2) is 5.69 Å². The first-order valence-electron chi connectivity index (χ1n) is 14.5. The molecule has 7 heteroatoms. The Balaban J connectivity index is 0.00000168. The summed E-state index contributed by atoms with van der Waals surface area (Å²) >= 11 is 0. The molecule has 208 valence electrons. The first-order valence-corrected chi connectivity index (χ1v) is 14.5. The SMILES string of the molecule is Cc1ccc2c([nH+]1)OCCC[C@]21C[NH2+]C[C@H]1C(=O)N1CC[C@@H](c2ccccc2)C[C@H]1C1CCCCC1.[Cl-].[Cl-]. The van der Waals surface area contributed by atoms with Crippen LogP contribution in [0.2, 0.25) is 0 Å². The molecule has 38 heavy (non-hydrogen) atoms. The zero-order valence-corrected chi connectivity index (χ0v) is 24.2. The minimum absolute atomic E-state index is 0. The molecule has 1 spiro atoms. The number of aromatic nitrogens is 1. The van der Waals surface area contributed by atoms with E-state index in [4.69, 9.17) is 4.74 Å². The fourth-order valence-electron chi connectivity index (χ4n) is 8.03. The Morgan fingerprint density at radius 2 is 1.82 bits per heavy atom. The summed E-state index contributed by atoms with van der Waals surface area (Å²) in [6.07, 6.45) is 10.8. The molecule has 0 radical (unpaired) electrons. The van der Waals surface area contributed by atoms with E-state index in [0.29, 0.717) is 23.8 Å². The third kappa shape index (κ3) is 5.44. The molecule has 5 nitrogen and oxygen atoms in total. The molecular weight excluding hydrogens is 517 g/mol. The molecule has 4 aliphatic rings. The molecule has 4 atom stereocenters. The number of carbonyl (C=O) groups is 1. The highest BCUT2D eigenvalue weighted by Crippen LogP contribution is 2.46. The maximum absolute atomic E-state index is 14.6. The van der Waals surface area contributed by atoms with Crippen LogP contribution in [0.15, 0.2) is 42.5 Å². The van der Waals surface area contributed by atoms with Gasteiger partial charge in [0.05, 0.1) is 30.7 Å². The van der Waals surface area contributed by atoms with Crippen LogP contribution < -0.4 is 39.9 Å². The van der Waals surface area contributed by atoms with Crippen LogP contribution in [0.25, 0.3) is 0 Å². The largest absolute Gasteiger partial charge is 1.00 e. The number of nitrogens with two attached hydrogens (primary N) is 1. The number of pyridine rings is 1. The van der Waals surface area contributed by atoms with Gasteiger partial charge in [0.2, 0.25) is 5.91 Å². The van der Waals surface area contributed by atoms with Gasteiger partial charge in [-0.05, 0) is 62.0 Å². The fraction of sp³-hybridized carbons (Fsp3) is 0.613. The van der Waals surface area contributed by atoms with E-state index in [1.54, 1.807) is 0 Å². The maximum atomic E-state index is 14.6. The Kier molecular flexibility index (Phi) is 9.65. The molecular formula is C31H43Cl2N3O2. The second-order valence-corrected chi connectivity index (χ2v) is 11.9. The molecule has 3 N–H and O–H groups in total. The van der Waals surface area contributed by atoms with E-state index >= 15 is 0 Å². The summed E-state index contributed by atoms with van der Waals surface area (Å²) in [6, 6.07) is 15.8. The number of ether oxygens (including phenoxy) is 1. The van der Waals surface area contributed by atoms with Crippen LogP contribution in [-0.2, 0) is 10.2 Å². The highest BCUT2D eigenvalue weighted by Gasteiger charge is 2.56. The zero-order chi connectivity index (χ0) is 24.5. The van der Waals surface area contributed by atoms with E-state index in [9.17, 15) is 4.79 Å². The molecule has 1 aromatic heterocycles. The van der Waals surface area contributed by atoms with E-state index in [-0.39, 0.29) is 36.1 Å². The third-order valence-corrected chi connectivity index (χ3v) is 9.87. The lowest BCUT2D eigenvalue weighted by Gasteiger charge is -2.46. The number of fused-ring (bicyclic) bond motifs is 2. The number of benzene rings is 1. The lowest BCUT2D eigenvalue weighted by molar-refractivity contribution is -0.640. The van der Waals surface area contributed by atoms with E-state index in [1.807, 2.05) is 0 Å². The Hall–Kier alpha value is -1.82. The number of nitrogens with zero attached hydrogens (tertiary/aromatic N) is 1. The van der Waals surface area contributed by atoms with Crippen molar-refractivity contribution in [1.29, 1.82) is 0 Å². The second kappa shape index (κ2) is 12.6. The number of aromatic amines is 1. The molecule has 2 saturated heterocycles. The van der Waals surface area contributed by atoms with Gasteiger partial charge in [-0.3, -0.25) is 4.79 Å². The molecule has 1 aliphatic carbocycles. The number of quaternary nitrogens is 1. The normalized spacial score (nSPS) is 29.4. The molecule has 2 aromatic rings. The van der Waals surface area contributed by atoms with E-state index in [0.717, 1.165) is 63.5 Å². The van der Waals surface area contributed by atoms with Crippen molar-refractivity contribution < 1.29 is 44.6 Å². The van der Waals surface area contributed by atoms with Gasteiger partial charge in [-0.2, -0.15) is 4.98 Å². The number of H-pyrrole nitrogens is 1. The lowest BCUT2D eigenvalue weighted by Crippen LogP contribution is -3.00. The number of carbonyl (C=O) groups excluding carboxylic acids is 1. The van der Waals surface area contributed by atoms with Crippen molar-refractivity contribution in [2.45, 2.75) is 82.1 Å². The molecule has 1 saturated carbocycles. The summed E-state index contributed by atoms with van der Waals surface area (Å²) in [4.78, 5) is 20.5. The van der Waals surface area contributed by atoms with Crippen LogP contribution >= 0.6 is 0 Å². The number of nitrogens with one attached hydrogen (secondary N) is 1. The van der Waals surface area contributed by atoms with Crippen molar-refractivity contribution >= 4 is 5.91 Å². The minimum atomic E-state index is -0.138. The van der Waals surface area contributed by atoms with Crippen LogP contribution in [0, 0.1) is 18.8 Å². The van der Waals surface area contributed by atoms with Crippen LogP contribution in [0.4, 0.5) is 0 Å². The number of halogens is 2. The third-order valence-electron chi connectivity index (χ3n) is 9.87. The highest BCUT2D eigenvalue weighted by atomic mass is 35.5. The summed E-state index contributed by atoms with van der Waals surface area (Å²) in [6.45, 7) is 5.57. The molecule has 0 bridgehead atoms. The van der Waals surface area contributed by atoms with Gasteiger partial charge < -0.3 is 39.8 Å². The number of amides is 1. The standard InChI is InChI=1S/C31H41N3O2.2ClH/c1-22-13-14-26-29(33-22)36-18-8-16-31(26)21-32-20-27(31)30(35)34-17-15-25(23-9-4-2-5-10-23)19-28(34)24-11-6-3-7-12-24;;/h2,4-5,9-10,13-14,24-25,27-28,32H,3,6-8,11-12,15-21H2,1H3;2*1H/t25-,27+,28+,31+;;/m1../s1. The van der Waals surface area contributed by atoms with Crippen LogP contribution in [0.1, 0.15) is 80.5 Å². The Morgan fingerprint density at radius 3 is 2.61 bits per heavy atom. The first kappa shape index (κ1) is 29.2. The van der Waals surface area contributed by atoms with Gasteiger partial charge in [-0.1, -0.05) is 49.6 Å². The lowest BCUT2D eigenvalue weighted by atomic mass is 9.68. The smallest absolute Gasteiger partial charge is 0.370 e. The first-order chi connectivity index (χ1) is 17.7. The van der Waals surface area contributed by atoms with E-state index < -0.39 is 0 Å². The Morgan fingerprint density at radius 1 is 1.03 bits per heavy atom. The van der Waals surface area contributed by atoms with Gasteiger partial charge in [-0.25, -0.2) is 0 Å². The molecule has 1 amide bonds. The highest BCUT2D eigenvalue weighted by molar-refractivity contribution is 5.82. The average molecular weight is 561 g/mol. The molecule has 6 rings (SSSR count). The topological polar surface area (TPSA) is 60.3 Å². The summed E-state index contributed by atoms with van der Waals surface area (Å²) in [5, 5.41) is 2.39. The summed E-state index contributed by atoms with van der Waals surface area (Å²) in [7, 11) is 0. The minimum Gasteiger partial charge on any atom is -1.00 e. The number of hydrogen-bond donors (Lipinski definition) is 1. The van der Waals surface area contributed by atoms with E-state index in [1.165, 1.54) is 43.2 Å². The number of aryl methyl sites for hydroxylation is 1. The summed E-state index contributed by atoms with van der Waals surface area (Å²) in [5.74, 6) is 2.55. The fourth-order valence-corrected chi connectivity index (χ4v) is 8.03. The maximum Gasteiger partial charge on any atom is 0.370 e.